The van der Waals surface area contributed by atoms with Gasteiger partial charge in [0.25, 0.3) is 0 Å². The van der Waals surface area contributed by atoms with E-state index in [1.165, 1.54) is 0 Å². The zero-order valence-electron chi connectivity index (χ0n) is 9.81. The molecule has 0 atom stereocenters. The second kappa shape index (κ2) is 5.96. The molecule has 1 heterocycles. The van der Waals surface area contributed by atoms with Crippen LogP contribution in [0.5, 0.6) is 0 Å². The third-order valence-corrected chi connectivity index (χ3v) is 2.21. The largest absolute Gasteiger partial charge is 0.351 e. The molecule has 0 spiro atoms. The molecule has 0 radical (unpaired) electrons. The van der Waals surface area contributed by atoms with E-state index >= 15 is 0 Å². The highest BCUT2D eigenvalue weighted by Crippen LogP contribution is 2.19. The van der Waals surface area contributed by atoms with Crippen LogP contribution in [0.4, 0.5) is 16.2 Å². The normalized spacial score (nSPS) is 10.1. The predicted octanol–water partition coefficient (Wildman–Crippen LogP) is 1.03. The number of nitrogens with zero attached hydrogens (tertiary/aromatic N) is 4. The molecule has 0 aliphatic rings. The second-order valence-corrected chi connectivity index (χ2v) is 3.70. The van der Waals surface area contributed by atoms with Crippen molar-refractivity contribution in [3.8, 4) is 6.07 Å². The summed E-state index contributed by atoms with van der Waals surface area (Å²) in [6.07, 6.45) is 1.35. The topological polar surface area (TPSA) is 90.9 Å². The van der Waals surface area contributed by atoms with E-state index in [4.69, 9.17) is 11.1 Å². The second-order valence-electron chi connectivity index (χ2n) is 3.70. The van der Waals surface area contributed by atoms with Gasteiger partial charge >= 0.3 is 0 Å². The molecule has 92 valence electrons. The predicted molar refractivity (Wildman–Crippen MR) is 62.5 cm³/mol. The number of hydrazine groups is 1. The fourth-order valence-corrected chi connectivity index (χ4v) is 1.41. The number of rotatable bonds is 5. The van der Waals surface area contributed by atoms with Gasteiger partial charge in [-0.05, 0) is 13.8 Å². The van der Waals surface area contributed by atoms with E-state index < -0.39 is 5.82 Å². The minimum atomic E-state index is -0.532. The quantitative estimate of drug-likeness (QED) is 0.588. The van der Waals surface area contributed by atoms with Crippen LogP contribution in [0.15, 0.2) is 6.20 Å². The average Bonchev–Trinajstić information content (AvgIpc) is 2.31. The van der Waals surface area contributed by atoms with Crippen molar-refractivity contribution in [1.82, 2.24) is 9.97 Å². The molecule has 1 aromatic heterocycles. The lowest BCUT2D eigenvalue weighted by atomic mass is 10.3. The maximum Gasteiger partial charge on any atom is 0.239 e. The van der Waals surface area contributed by atoms with Crippen LogP contribution in [-0.2, 0) is 0 Å². The van der Waals surface area contributed by atoms with Crippen LogP contribution in [0.1, 0.15) is 20.3 Å². The summed E-state index contributed by atoms with van der Waals surface area (Å²) in [7, 11) is 0. The number of halogens is 1. The standard InChI is InChI=1S/C10H15FN6/c1-7(2)17(5-3-4-12)9-8(11)6-14-10(15-9)16-13/h6-7H,3,5,13H2,1-2H3,(H,14,15,16). The molecule has 1 rings (SSSR count). The van der Waals surface area contributed by atoms with Gasteiger partial charge in [0, 0.05) is 12.6 Å². The molecule has 7 heteroatoms. The van der Waals surface area contributed by atoms with E-state index in [0.29, 0.717) is 13.0 Å². The van der Waals surface area contributed by atoms with Crippen LogP contribution < -0.4 is 16.2 Å². The summed E-state index contributed by atoms with van der Waals surface area (Å²) in [6, 6.07) is 2.05. The average molecular weight is 238 g/mol. The summed E-state index contributed by atoms with van der Waals surface area (Å²) in [5, 5.41) is 8.58. The van der Waals surface area contributed by atoms with Crippen LogP contribution in [0.3, 0.4) is 0 Å². The molecular formula is C10H15FN6. The third kappa shape index (κ3) is 3.26. The Kier molecular flexibility index (Phi) is 4.60. The Balaban J connectivity index is 3.04. The van der Waals surface area contributed by atoms with Crippen molar-refractivity contribution < 1.29 is 4.39 Å². The summed E-state index contributed by atoms with van der Waals surface area (Å²) >= 11 is 0. The molecule has 0 unspecified atom stereocenters. The first-order valence-corrected chi connectivity index (χ1v) is 5.23. The van der Waals surface area contributed by atoms with E-state index in [1.54, 1.807) is 4.90 Å². The number of nitriles is 1. The smallest absolute Gasteiger partial charge is 0.239 e. The Morgan fingerprint density at radius 2 is 2.35 bits per heavy atom. The molecule has 3 N–H and O–H groups in total. The van der Waals surface area contributed by atoms with Gasteiger partial charge in [-0.3, -0.25) is 5.43 Å². The van der Waals surface area contributed by atoms with Gasteiger partial charge in [0.05, 0.1) is 18.7 Å². The van der Waals surface area contributed by atoms with E-state index in [2.05, 4.69) is 15.4 Å². The molecule has 0 saturated carbocycles. The van der Waals surface area contributed by atoms with Gasteiger partial charge < -0.3 is 4.90 Å². The van der Waals surface area contributed by atoms with Crippen LogP contribution >= 0.6 is 0 Å². The van der Waals surface area contributed by atoms with Gasteiger partial charge in [0.15, 0.2) is 11.6 Å². The number of nitrogens with two attached hydrogens (primary N) is 1. The van der Waals surface area contributed by atoms with Crippen LogP contribution in [-0.4, -0.2) is 22.6 Å². The molecule has 0 aliphatic carbocycles. The summed E-state index contributed by atoms with van der Waals surface area (Å²) in [5.41, 5.74) is 2.26. The minimum absolute atomic E-state index is 0.0263. The third-order valence-electron chi connectivity index (χ3n) is 2.21. The first-order chi connectivity index (χ1) is 8.10. The number of nitrogens with one attached hydrogen (secondary N) is 1. The highest BCUT2D eigenvalue weighted by molar-refractivity contribution is 5.44. The lowest BCUT2D eigenvalue weighted by molar-refractivity contribution is 0.585. The number of anilines is 2. The fourth-order valence-electron chi connectivity index (χ4n) is 1.41. The zero-order valence-corrected chi connectivity index (χ0v) is 9.81. The molecule has 1 aromatic rings. The summed E-state index contributed by atoms with van der Waals surface area (Å²) < 4.78 is 13.6. The Morgan fingerprint density at radius 3 is 2.88 bits per heavy atom. The summed E-state index contributed by atoms with van der Waals surface area (Å²) in [5.74, 6) is 4.94. The van der Waals surface area contributed by atoms with Crippen molar-refractivity contribution in [3.05, 3.63) is 12.0 Å². The first-order valence-electron chi connectivity index (χ1n) is 5.23. The van der Waals surface area contributed by atoms with Crippen molar-refractivity contribution in [3.63, 3.8) is 0 Å². The van der Waals surface area contributed by atoms with Crippen molar-refractivity contribution in [2.45, 2.75) is 26.3 Å². The fraction of sp³-hybridized carbons (Fsp3) is 0.500. The highest BCUT2D eigenvalue weighted by Gasteiger charge is 2.17. The van der Waals surface area contributed by atoms with Crippen molar-refractivity contribution in [1.29, 1.82) is 5.26 Å². The van der Waals surface area contributed by atoms with Gasteiger partial charge in [-0.25, -0.2) is 15.2 Å². The Bertz CT molecular complexity index is 414. The van der Waals surface area contributed by atoms with Crippen molar-refractivity contribution >= 4 is 11.8 Å². The zero-order chi connectivity index (χ0) is 12.8. The maximum absolute atomic E-state index is 13.6. The van der Waals surface area contributed by atoms with E-state index in [9.17, 15) is 4.39 Å². The minimum Gasteiger partial charge on any atom is -0.351 e. The van der Waals surface area contributed by atoms with Crippen molar-refractivity contribution in [2.24, 2.45) is 5.84 Å². The van der Waals surface area contributed by atoms with Gasteiger partial charge in [-0.1, -0.05) is 0 Å². The van der Waals surface area contributed by atoms with E-state index in [-0.39, 0.29) is 17.8 Å². The SMILES string of the molecule is CC(C)N(CCC#N)c1nc(NN)ncc1F. The molecule has 0 amide bonds. The molecule has 0 bridgehead atoms. The van der Waals surface area contributed by atoms with Crippen molar-refractivity contribution in [2.75, 3.05) is 16.9 Å². The molecule has 0 fully saturated rings. The monoisotopic (exact) mass is 238 g/mol. The van der Waals surface area contributed by atoms with Crippen LogP contribution in [0, 0.1) is 17.1 Å². The van der Waals surface area contributed by atoms with E-state index in [0.717, 1.165) is 6.20 Å². The van der Waals surface area contributed by atoms with Gasteiger partial charge in [0.2, 0.25) is 5.95 Å². The van der Waals surface area contributed by atoms with Gasteiger partial charge in [-0.15, -0.1) is 0 Å². The number of aromatic nitrogens is 2. The molecule has 0 aliphatic heterocycles. The Morgan fingerprint density at radius 1 is 1.65 bits per heavy atom. The van der Waals surface area contributed by atoms with Gasteiger partial charge in [0.1, 0.15) is 0 Å². The maximum atomic E-state index is 13.6. The Labute approximate surface area is 99.2 Å². The van der Waals surface area contributed by atoms with Gasteiger partial charge in [-0.2, -0.15) is 10.2 Å². The Hall–Kier alpha value is -1.94. The van der Waals surface area contributed by atoms with Crippen LogP contribution in [0.25, 0.3) is 0 Å². The van der Waals surface area contributed by atoms with E-state index in [1.807, 2.05) is 19.9 Å². The lowest BCUT2D eigenvalue weighted by Gasteiger charge is -2.27. The summed E-state index contributed by atoms with van der Waals surface area (Å²) in [6.45, 7) is 4.20. The lowest BCUT2D eigenvalue weighted by Crippen LogP contribution is -2.33. The summed E-state index contributed by atoms with van der Waals surface area (Å²) in [4.78, 5) is 9.32. The first kappa shape index (κ1) is 13.1. The molecule has 0 saturated heterocycles. The van der Waals surface area contributed by atoms with Crippen LogP contribution in [0.2, 0.25) is 0 Å². The number of hydrogen-bond acceptors (Lipinski definition) is 6. The molecule has 6 nitrogen and oxygen atoms in total. The molecule has 0 aromatic carbocycles. The number of hydrogen-bond donors (Lipinski definition) is 2. The number of nitrogen functional groups attached to an aromatic ring is 1. The molecule has 17 heavy (non-hydrogen) atoms. The highest BCUT2D eigenvalue weighted by atomic mass is 19.1. The molecular weight excluding hydrogens is 223 g/mol.